The standard InChI is InChI=1S/C62H86F2N10O8/c1-41(65-3)57(77)69-55(45-13-7-5-8-14-45)61(81)73-33-11-17-51(73)39-71(35-31-43-19-27-49(63)28-20-43)53(75)37-67-59(79)47-23-25-48(26-24-47)60(80)68-38-54(76)72(36-32-44-21-29-50(64)30-22-44)40-52-18-12-34-74(52)62(82)56(46-15-9-6-10-16-46)70-58(78)42(2)66-4/h19-30,41-42,45-46,51-52,55-56,65-66H,5-18,31-40H2,1-4H3,(H,67,79)(H,68,80)(H,69,77)(H,70,78)/t41-,42-,51-,52-,55-,56-/m0/s1. The Balaban J connectivity index is 0.973. The zero-order chi connectivity index (χ0) is 58.7. The first-order valence-corrected chi connectivity index (χ1v) is 29.8. The van der Waals surface area contributed by atoms with E-state index in [1.165, 1.54) is 48.5 Å². The number of likely N-dealkylation sites (tertiary alicyclic amines) is 2. The van der Waals surface area contributed by atoms with Crippen LogP contribution in [0.15, 0.2) is 72.8 Å². The quantitative estimate of drug-likeness (QED) is 0.0639. The van der Waals surface area contributed by atoms with Crippen LogP contribution < -0.4 is 31.9 Å². The number of amides is 8. The summed E-state index contributed by atoms with van der Waals surface area (Å²) in [6.07, 6.45) is 12.9. The van der Waals surface area contributed by atoms with E-state index in [0.717, 1.165) is 88.2 Å². The Morgan fingerprint density at radius 2 is 0.854 bits per heavy atom. The first-order chi connectivity index (χ1) is 39.5. The molecule has 82 heavy (non-hydrogen) atoms. The van der Waals surface area contributed by atoms with E-state index in [2.05, 4.69) is 31.9 Å². The van der Waals surface area contributed by atoms with E-state index in [0.29, 0.717) is 38.8 Å². The summed E-state index contributed by atoms with van der Waals surface area (Å²) in [5.41, 5.74) is 1.97. The summed E-state index contributed by atoms with van der Waals surface area (Å²) in [7, 11) is 3.39. The minimum atomic E-state index is -0.694. The van der Waals surface area contributed by atoms with Crippen LogP contribution in [0.4, 0.5) is 8.78 Å². The van der Waals surface area contributed by atoms with Crippen LogP contribution in [0.2, 0.25) is 0 Å². The third-order valence-corrected chi connectivity index (χ3v) is 17.3. The van der Waals surface area contributed by atoms with Gasteiger partial charge < -0.3 is 51.5 Å². The number of halogens is 2. The van der Waals surface area contributed by atoms with Gasteiger partial charge in [-0.25, -0.2) is 8.78 Å². The van der Waals surface area contributed by atoms with Crippen LogP contribution in [-0.2, 0) is 41.6 Å². The second kappa shape index (κ2) is 31.0. The van der Waals surface area contributed by atoms with E-state index < -0.39 is 36.0 Å². The van der Waals surface area contributed by atoms with Gasteiger partial charge in [-0.2, -0.15) is 0 Å². The molecule has 0 spiro atoms. The molecule has 446 valence electrons. The summed E-state index contributed by atoms with van der Waals surface area (Å²) >= 11 is 0. The fourth-order valence-electron chi connectivity index (χ4n) is 12.0. The van der Waals surface area contributed by atoms with Gasteiger partial charge in [0.2, 0.25) is 35.4 Å². The predicted octanol–water partition coefficient (Wildman–Crippen LogP) is 4.90. The molecule has 0 unspecified atom stereocenters. The molecule has 0 bridgehead atoms. The van der Waals surface area contributed by atoms with Crippen molar-refractivity contribution < 1.29 is 47.1 Å². The van der Waals surface area contributed by atoms with Crippen LogP contribution in [0.25, 0.3) is 0 Å². The molecule has 3 aromatic rings. The molecule has 2 aliphatic carbocycles. The van der Waals surface area contributed by atoms with Crippen LogP contribution in [0.3, 0.4) is 0 Å². The van der Waals surface area contributed by atoms with Gasteiger partial charge in [-0.05, 0) is 164 Å². The molecular formula is C62H86F2N10O8. The van der Waals surface area contributed by atoms with Gasteiger partial charge in [-0.3, -0.25) is 38.4 Å². The molecule has 2 aliphatic heterocycles. The molecule has 18 nitrogen and oxygen atoms in total. The van der Waals surface area contributed by atoms with E-state index in [4.69, 9.17) is 0 Å². The Kier molecular flexibility index (Phi) is 23.8. The molecule has 0 aromatic heterocycles. The van der Waals surface area contributed by atoms with Crippen molar-refractivity contribution in [1.82, 2.24) is 51.5 Å². The highest BCUT2D eigenvalue weighted by molar-refractivity contribution is 6.00. The topological polar surface area (TPSA) is 222 Å². The van der Waals surface area contributed by atoms with Crippen LogP contribution >= 0.6 is 0 Å². The summed E-state index contributed by atoms with van der Waals surface area (Å²) < 4.78 is 27.7. The van der Waals surface area contributed by atoms with Crippen LogP contribution in [-0.4, -0.2) is 170 Å². The monoisotopic (exact) mass is 1140 g/mol. The number of nitrogens with one attached hydrogen (secondary N) is 6. The average Bonchev–Trinajstić information content (AvgIpc) is 4.20. The highest BCUT2D eigenvalue weighted by atomic mass is 19.1. The molecule has 2 saturated carbocycles. The molecule has 0 radical (unpaired) electrons. The number of nitrogens with zero attached hydrogens (tertiary/aromatic N) is 4. The average molecular weight is 1140 g/mol. The molecule has 3 aromatic carbocycles. The van der Waals surface area contributed by atoms with Gasteiger partial charge in [0.25, 0.3) is 11.8 Å². The smallest absolute Gasteiger partial charge is 0.251 e. The van der Waals surface area contributed by atoms with Gasteiger partial charge in [-0.1, -0.05) is 62.8 Å². The van der Waals surface area contributed by atoms with Gasteiger partial charge in [0.1, 0.15) is 23.7 Å². The van der Waals surface area contributed by atoms with Crippen molar-refractivity contribution >= 4 is 47.3 Å². The maximum absolute atomic E-state index is 14.5. The summed E-state index contributed by atoms with van der Waals surface area (Å²) in [5, 5.41) is 17.5. The van der Waals surface area contributed by atoms with E-state index in [9.17, 15) is 47.1 Å². The summed E-state index contributed by atoms with van der Waals surface area (Å²) in [6, 6.07) is 14.8. The lowest BCUT2D eigenvalue weighted by molar-refractivity contribution is -0.141. The van der Waals surface area contributed by atoms with Crippen LogP contribution in [0.1, 0.15) is 136 Å². The minimum absolute atomic E-state index is 0.00314. The number of hydrogen-bond donors (Lipinski definition) is 6. The van der Waals surface area contributed by atoms with Crippen molar-refractivity contribution in [1.29, 1.82) is 0 Å². The first-order valence-electron chi connectivity index (χ1n) is 29.8. The van der Waals surface area contributed by atoms with E-state index in [1.807, 2.05) is 0 Å². The molecule has 4 aliphatic rings. The van der Waals surface area contributed by atoms with E-state index >= 15 is 0 Å². The van der Waals surface area contributed by atoms with E-state index in [1.54, 1.807) is 71.8 Å². The lowest BCUT2D eigenvalue weighted by Crippen LogP contribution is -2.57. The number of benzene rings is 3. The molecule has 6 N–H and O–H groups in total. The predicted molar refractivity (Wildman–Crippen MR) is 308 cm³/mol. The zero-order valence-electron chi connectivity index (χ0n) is 48.3. The van der Waals surface area contributed by atoms with Gasteiger partial charge in [0, 0.05) is 62.5 Å². The van der Waals surface area contributed by atoms with Gasteiger partial charge in [0.15, 0.2) is 0 Å². The number of rotatable bonds is 26. The van der Waals surface area contributed by atoms with Crippen molar-refractivity contribution in [3.8, 4) is 0 Å². The van der Waals surface area contributed by atoms with Crippen molar-refractivity contribution in [2.75, 3.05) is 66.5 Å². The van der Waals surface area contributed by atoms with Crippen LogP contribution in [0, 0.1) is 23.5 Å². The molecule has 2 heterocycles. The maximum Gasteiger partial charge on any atom is 0.251 e. The zero-order valence-corrected chi connectivity index (χ0v) is 48.3. The number of carbonyl (C=O) groups is 8. The SMILES string of the molecule is CN[C@@H](C)C(=O)N[C@H](C(=O)N1CCC[C@H]1CN(CCc1ccc(F)cc1)C(=O)CNC(=O)c1ccc(C(=O)NCC(=O)N(CCc2ccc(F)cc2)C[C@@H]2CCCN2C(=O)[C@@H](NC(=O)[C@H](C)NC)C2CCCCC2)cc1)C1CCCCC1. The second-order valence-electron chi connectivity index (χ2n) is 22.8. The fraction of sp³-hybridized carbons (Fsp3) is 0.581. The first kappa shape index (κ1) is 62.8. The largest absolute Gasteiger partial charge is 0.343 e. The molecular weight excluding hydrogens is 1050 g/mol. The maximum atomic E-state index is 14.5. The number of likely N-dealkylation sites (N-methyl/N-ethyl adjacent to an activating group) is 2. The normalized spacial score (nSPS) is 19.1. The molecule has 7 rings (SSSR count). The second-order valence-corrected chi connectivity index (χ2v) is 22.8. The van der Waals surface area contributed by atoms with Gasteiger partial charge in [0.05, 0.1) is 25.2 Å². The van der Waals surface area contributed by atoms with Crippen LogP contribution in [0.5, 0.6) is 0 Å². The Labute approximate surface area is 482 Å². The Bertz CT molecular complexity index is 2450. The third kappa shape index (κ3) is 17.6. The summed E-state index contributed by atoms with van der Waals surface area (Å²) in [4.78, 5) is 118. The Hall–Kier alpha value is -6.80. The van der Waals surface area contributed by atoms with E-state index in [-0.39, 0.29) is 121 Å². The Morgan fingerprint density at radius 1 is 0.500 bits per heavy atom. The lowest BCUT2D eigenvalue weighted by Gasteiger charge is -2.37. The highest BCUT2D eigenvalue weighted by Gasteiger charge is 2.41. The van der Waals surface area contributed by atoms with Crippen molar-refractivity contribution in [2.24, 2.45) is 11.8 Å². The molecule has 6 atom stereocenters. The third-order valence-electron chi connectivity index (χ3n) is 17.3. The molecule has 4 fully saturated rings. The minimum Gasteiger partial charge on any atom is -0.343 e. The highest BCUT2D eigenvalue weighted by Crippen LogP contribution is 2.32. The molecule has 20 heteroatoms. The van der Waals surface area contributed by atoms with Gasteiger partial charge in [-0.15, -0.1) is 0 Å². The summed E-state index contributed by atoms with van der Waals surface area (Å²) in [6.45, 7) is 4.57. The van der Waals surface area contributed by atoms with Crippen molar-refractivity contribution in [3.63, 3.8) is 0 Å². The number of hydrogen-bond acceptors (Lipinski definition) is 10. The molecule has 2 saturated heterocycles. The van der Waals surface area contributed by atoms with Crippen molar-refractivity contribution in [2.45, 2.75) is 153 Å². The molecule has 8 amide bonds. The van der Waals surface area contributed by atoms with Gasteiger partial charge >= 0.3 is 0 Å². The fourth-order valence-corrected chi connectivity index (χ4v) is 12.0. The van der Waals surface area contributed by atoms with Crippen molar-refractivity contribution in [3.05, 3.63) is 107 Å². The summed E-state index contributed by atoms with van der Waals surface area (Å²) in [5.74, 6) is -3.49. The lowest BCUT2D eigenvalue weighted by atomic mass is 9.83. The Morgan fingerprint density at radius 3 is 1.20 bits per heavy atom. The number of carbonyl (C=O) groups excluding carboxylic acids is 8.